The Morgan fingerprint density at radius 1 is 1.11 bits per heavy atom. The molecule has 2 aliphatic rings. The zero-order valence-electron chi connectivity index (χ0n) is 15.1. The molecule has 0 radical (unpaired) electrons. The molecule has 0 unspecified atom stereocenters. The van der Waals surface area contributed by atoms with Crippen molar-refractivity contribution in [2.75, 3.05) is 25.3 Å². The third-order valence-corrected chi connectivity index (χ3v) is 4.93. The molecule has 3 aromatic rings. The fraction of sp³-hybridized carbons (Fsp3) is 0.250. The molecule has 28 heavy (non-hydrogen) atoms. The second-order valence-electron chi connectivity index (χ2n) is 6.63. The normalized spacial score (nSPS) is 18.0. The molecule has 5 rings (SSSR count). The molecule has 0 N–H and O–H groups in total. The Balaban J connectivity index is 1.35. The van der Waals surface area contributed by atoms with Gasteiger partial charge in [0.25, 0.3) is 0 Å². The highest BCUT2D eigenvalue weighted by molar-refractivity contribution is 5.96. The van der Waals surface area contributed by atoms with Crippen LogP contribution in [0.3, 0.4) is 0 Å². The number of aromatic nitrogens is 2. The number of methoxy groups -OCH3 is 1. The number of rotatable bonds is 4. The molecule has 2 aliphatic heterocycles. The molecule has 1 fully saturated rings. The van der Waals surface area contributed by atoms with Crippen LogP contribution >= 0.6 is 0 Å². The second-order valence-corrected chi connectivity index (χ2v) is 6.63. The highest BCUT2D eigenvalue weighted by Gasteiger charge is 2.35. The average molecular weight is 379 g/mol. The van der Waals surface area contributed by atoms with Crippen molar-refractivity contribution in [1.29, 1.82) is 0 Å². The maximum absolute atomic E-state index is 12.6. The number of fused-ring (bicyclic) bond motifs is 1. The van der Waals surface area contributed by atoms with E-state index in [0.29, 0.717) is 36.2 Å². The highest BCUT2D eigenvalue weighted by Crippen LogP contribution is 2.38. The van der Waals surface area contributed by atoms with Crippen molar-refractivity contribution in [3.63, 3.8) is 0 Å². The van der Waals surface area contributed by atoms with Gasteiger partial charge in [-0.05, 0) is 36.4 Å². The van der Waals surface area contributed by atoms with Crippen LogP contribution < -0.4 is 19.1 Å². The minimum Gasteiger partial charge on any atom is -0.497 e. The third kappa shape index (κ3) is 2.83. The molecule has 1 atom stereocenters. The molecule has 1 saturated heterocycles. The fourth-order valence-electron chi connectivity index (χ4n) is 3.43. The van der Waals surface area contributed by atoms with Crippen LogP contribution in [-0.4, -0.2) is 36.5 Å². The van der Waals surface area contributed by atoms with Gasteiger partial charge in [-0.15, -0.1) is 0 Å². The molecule has 0 aliphatic carbocycles. The van der Waals surface area contributed by atoms with Gasteiger partial charge >= 0.3 is 0 Å². The molecule has 8 nitrogen and oxygen atoms in total. The van der Waals surface area contributed by atoms with E-state index in [1.807, 2.05) is 42.5 Å². The molecule has 1 amide bonds. The van der Waals surface area contributed by atoms with Gasteiger partial charge in [-0.3, -0.25) is 4.79 Å². The summed E-state index contributed by atoms with van der Waals surface area (Å²) in [5, 5.41) is 4.06. The van der Waals surface area contributed by atoms with Gasteiger partial charge in [0.1, 0.15) is 5.75 Å². The van der Waals surface area contributed by atoms with Gasteiger partial charge in [0.2, 0.25) is 24.4 Å². The maximum Gasteiger partial charge on any atom is 0.232 e. The fourth-order valence-corrected chi connectivity index (χ4v) is 3.43. The minimum atomic E-state index is -0.155. The quantitative estimate of drug-likeness (QED) is 0.689. The van der Waals surface area contributed by atoms with E-state index in [4.69, 9.17) is 18.7 Å². The van der Waals surface area contributed by atoms with E-state index in [2.05, 4.69) is 10.1 Å². The van der Waals surface area contributed by atoms with Gasteiger partial charge < -0.3 is 23.6 Å². The summed E-state index contributed by atoms with van der Waals surface area (Å²) in [7, 11) is 1.62. The van der Waals surface area contributed by atoms with Crippen LogP contribution in [-0.2, 0) is 4.79 Å². The molecule has 0 saturated carbocycles. The van der Waals surface area contributed by atoms with Gasteiger partial charge in [0.05, 0.1) is 13.0 Å². The molecule has 8 heteroatoms. The van der Waals surface area contributed by atoms with E-state index in [9.17, 15) is 4.79 Å². The van der Waals surface area contributed by atoms with Crippen molar-refractivity contribution in [2.45, 2.75) is 12.3 Å². The summed E-state index contributed by atoms with van der Waals surface area (Å²) in [6, 6.07) is 12.9. The summed E-state index contributed by atoms with van der Waals surface area (Å²) >= 11 is 0. The lowest BCUT2D eigenvalue weighted by Crippen LogP contribution is -2.24. The van der Waals surface area contributed by atoms with Crippen molar-refractivity contribution in [3.8, 4) is 28.6 Å². The Kier molecular flexibility index (Phi) is 3.89. The van der Waals surface area contributed by atoms with E-state index in [1.165, 1.54) is 0 Å². The number of hydrogen-bond donors (Lipinski definition) is 0. The number of ether oxygens (including phenoxy) is 3. The highest BCUT2D eigenvalue weighted by atomic mass is 16.7. The second kappa shape index (κ2) is 6.56. The molecule has 1 aromatic heterocycles. The topological polar surface area (TPSA) is 86.9 Å². The van der Waals surface area contributed by atoms with Crippen molar-refractivity contribution in [3.05, 3.63) is 48.4 Å². The van der Waals surface area contributed by atoms with Gasteiger partial charge in [0, 0.05) is 30.3 Å². The van der Waals surface area contributed by atoms with Gasteiger partial charge in [0.15, 0.2) is 11.5 Å². The first-order valence-electron chi connectivity index (χ1n) is 8.89. The third-order valence-electron chi connectivity index (χ3n) is 4.93. The van der Waals surface area contributed by atoms with Crippen LogP contribution in [0.2, 0.25) is 0 Å². The van der Waals surface area contributed by atoms with E-state index >= 15 is 0 Å². The predicted molar refractivity (Wildman–Crippen MR) is 98.6 cm³/mol. The summed E-state index contributed by atoms with van der Waals surface area (Å²) in [6.45, 7) is 0.675. The van der Waals surface area contributed by atoms with Crippen molar-refractivity contribution >= 4 is 11.6 Å². The van der Waals surface area contributed by atoms with Crippen LogP contribution in [0.5, 0.6) is 17.2 Å². The summed E-state index contributed by atoms with van der Waals surface area (Å²) in [6.07, 6.45) is 0.318. The monoisotopic (exact) mass is 379 g/mol. The molecular formula is C20H17N3O5. The number of carbonyl (C=O) groups excluding carboxylic acids is 1. The van der Waals surface area contributed by atoms with Crippen molar-refractivity contribution in [2.24, 2.45) is 0 Å². The summed E-state index contributed by atoms with van der Waals surface area (Å²) in [5.41, 5.74) is 1.60. The van der Waals surface area contributed by atoms with Crippen LogP contribution in [0.25, 0.3) is 11.4 Å². The maximum atomic E-state index is 12.6. The molecule has 3 heterocycles. The van der Waals surface area contributed by atoms with Crippen LogP contribution in [0.15, 0.2) is 47.0 Å². The molecular weight excluding hydrogens is 362 g/mol. The van der Waals surface area contributed by atoms with E-state index in [0.717, 1.165) is 17.0 Å². The van der Waals surface area contributed by atoms with E-state index in [1.54, 1.807) is 12.0 Å². The molecule has 0 spiro atoms. The zero-order valence-corrected chi connectivity index (χ0v) is 15.1. The van der Waals surface area contributed by atoms with Gasteiger partial charge in [-0.25, -0.2) is 0 Å². The van der Waals surface area contributed by atoms with Crippen LogP contribution in [0.4, 0.5) is 5.69 Å². The van der Waals surface area contributed by atoms with Crippen molar-refractivity contribution in [1.82, 2.24) is 10.1 Å². The number of anilines is 1. The first-order valence-corrected chi connectivity index (χ1v) is 8.89. The Bertz CT molecular complexity index is 1030. The predicted octanol–water partition coefficient (Wildman–Crippen LogP) is 2.99. The summed E-state index contributed by atoms with van der Waals surface area (Å²) in [5.74, 6) is 2.90. The Morgan fingerprint density at radius 2 is 1.93 bits per heavy atom. The lowest BCUT2D eigenvalue weighted by Gasteiger charge is -2.16. The summed E-state index contributed by atoms with van der Waals surface area (Å²) < 4.78 is 21.3. The lowest BCUT2D eigenvalue weighted by atomic mass is 10.1. The number of nitrogens with zero attached hydrogens (tertiary/aromatic N) is 3. The van der Waals surface area contributed by atoms with Gasteiger partial charge in [-0.1, -0.05) is 5.16 Å². The van der Waals surface area contributed by atoms with Crippen molar-refractivity contribution < 1.29 is 23.5 Å². The molecule has 142 valence electrons. The minimum absolute atomic E-state index is 0.00747. The Labute approximate surface area is 160 Å². The van der Waals surface area contributed by atoms with Crippen LogP contribution in [0, 0.1) is 0 Å². The van der Waals surface area contributed by atoms with Crippen LogP contribution in [0.1, 0.15) is 18.2 Å². The number of carbonyl (C=O) groups is 1. The SMILES string of the molecule is COc1ccc(-c2noc([C@H]3CC(=O)N(c4ccc5c(c4)OCO5)C3)n2)cc1. The summed E-state index contributed by atoms with van der Waals surface area (Å²) in [4.78, 5) is 18.8. The first kappa shape index (κ1) is 16.6. The Hall–Kier alpha value is -3.55. The standard InChI is InChI=1S/C20H17N3O5/c1-25-15-5-2-12(3-6-15)19-21-20(28-22-19)13-8-18(24)23(10-13)14-4-7-16-17(9-14)27-11-26-16/h2-7,9,13H,8,10-11H2,1H3/t13-/m0/s1. The smallest absolute Gasteiger partial charge is 0.232 e. The first-order chi connectivity index (χ1) is 13.7. The number of benzene rings is 2. The lowest BCUT2D eigenvalue weighted by molar-refractivity contribution is -0.117. The van der Waals surface area contributed by atoms with E-state index < -0.39 is 0 Å². The largest absolute Gasteiger partial charge is 0.497 e. The van der Waals surface area contributed by atoms with Gasteiger partial charge in [-0.2, -0.15) is 4.98 Å². The Morgan fingerprint density at radius 3 is 2.75 bits per heavy atom. The van der Waals surface area contributed by atoms with E-state index in [-0.39, 0.29) is 18.6 Å². The average Bonchev–Trinajstić information content (AvgIpc) is 3.46. The zero-order chi connectivity index (χ0) is 19.1. The molecule has 2 aromatic carbocycles. The number of hydrogen-bond acceptors (Lipinski definition) is 7. The molecule has 0 bridgehead atoms. The number of amides is 1.